The molecule has 0 saturated heterocycles. The van der Waals surface area contributed by atoms with Crippen LogP contribution in [0.1, 0.15) is 34.7 Å². The first-order valence-electron chi connectivity index (χ1n) is 10.0. The van der Waals surface area contributed by atoms with Crippen LogP contribution in [0.15, 0.2) is 104 Å². The van der Waals surface area contributed by atoms with E-state index in [4.69, 9.17) is 4.98 Å². The summed E-state index contributed by atoms with van der Waals surface area (Å²) >= 11 is 0. The summed E-state index contributed by atoms with van der Waals surface area (Å²) in [6, 6.07) is 31.6. The fourth-order valence-corrected chi connectivity index (χ4v) is 4.40. The van der Waals surface area contributed by atoms with Crippen molar-refractivity contribution in [2.45, 2.75) is 17.9 Å². The molecule has 1 aliphatic carbocycles. The maximum absolute atomic E-state index is 11.2. The first-order valence-corrected chi connectivity index (χ1v) is 10.0. The van der Waals surface area contributed by atoms with Crippen molar-refractivity contribution in [3.05, 3.63) is 126 Å². The number of benzene rings is 3. The van der Waals surface area contributed by atoms with Crippen LogP contribution in [-0.4, -0.2) is 15.8 Å². The van der Waals surface area contributed by atoms with Gasteiger partial charge in [0, 0.05) is 18.0 Å². The second-order valence-corrected chi connectivity index (χ2v) is 7.66. The summed E-state index contributed by atoms with van der Waals surface area (Å²) in [5.41, 5.74) is 3.96. The van der Waals surface area contributed by atoms with E-state index in [0.717, 1.165) is 18.4 Å². The summed E-state index contributed by atoms with van der Waals surface area (Å²) < 4.78 is 2.21. The van der Waals surface area contributed by atoms with E-state index in [2.05, 4.69) is 83.6 Å². The summed E-state index contributed by atoms with van der Waals surface area (Å²) in [6.07, 6.45) is 6.00. The number of nitrogens with zero attached hydrogens (tertiary/aromatic N) is 2. The van der Waals surface area contributed by atoms with E-state index in [1.165, 1.54) is 16.7 Å². The summed E-state index contributed by atoms with van der Waals surface area (Å²) in [4.78, 5) is 15.9. The Bertz CT molecular complexity index is 1010. The van der Waals surface area contributed by atoms with Crippen molar-refractivity contribution < 1.29 is 4.79 Å². The van der Waals surface area contributed by atoms with Crippen LogP contribution in [0.5, 0.6) is 0 Å². The number of imidazole rings is 1. The van der Waals surface area contributed by atoms with Crippen LogP contribution >= 0.6 is 0 Å². The Hall–Kier alpha value is -3.46. The van der Waals surface area contributed by atoms with Crippen molar-refractivity contribution in [2.75, 3.05) is 0 Å². The summed E-state index contributed by atoms with van der Waals surface area (Å²) in [5, 5.41) is 0. The summed E-state index contributed by atoms with van der Waals surface area (Å²) in [5.74, 6) is 0.353. The highest BCUT2D eigenvalue weighted by Gasteiger charge is 2.42. The molecule has 1 aliphatic rings. The molecule has 1 heterocycles. The molecule has 3 heteroatoms. The van der Waals surface area contributed by atoms with E-state index in [-0.39, 0.29) is 11.8 Å². The molecule has 0 N–H and O–H groups in total. The fourth-order valence-electron chi connectivity index (χ4n) is 4.40. The molecule has 1 saturated carbocycles. The van der Waals surface area contributed by atoms with Crippen molar-refractivity contribution in [2.24, 2.45) is 5.92 Å². The highest BCUT2D eigenvalue weighted by Crippen LogP contribution is 2.47. The number of hydrogen-bond donors (Lipinski definition) is 0. The molecule has 1 aromatic heterocycles. The van der Waals surface area contributed by atoms with Crippen LogP contribution in [0.2, 0.25) is 0 Å². The van der Waals surface area contributed by atoms with E-state index in [9.17, 15) is 4.79 Å². The minimum Gasteiger partial charge on any atom is -0.319 e. The molecule has 29 heavy (non-hydrogen) atoms. The normalized spacial score (nSPS) is 18.3. The molecule has 5 rings (SSSR count). The fraction of sp³-hybridized carbons (Fsp3) is 0.154. The number of carbonyl (C=O) groups is 1. The third kappa shape index (κ3) is 2.90. The van der Waals surface area contributed by atoms with Gasteiger partial charge in [-0.25, -0.2) is 4.98 Å². The molecule has 3 nitrogen and oxygen atoms in total. The number of rotatable bonds is 6. The minimum absolute atomic E-state index is 0.109. The number of aromatic nitrogens is 2. The van der Waals surface area contributed by atoms with Crippen molar-refractivity contribution in [3.63, 3.8) is 0 Å². The van der Waals surface area contributed by atoms with Gasteiger partial charge >= 0.3 is 0 Å². The molecule has 0 spiro atoms. The van der Waals surface area contributed by atoms with E-state index in [1.54, 1.807) is 0 Å². The molecular formula is C26H22N2O. The Morgan fingerprint density at radius 3 is 1.69 bits per heavy atom. The lowest BCUT2D eigenvalue weighted by molar-refractivity contribution is -0.108. The van der Waals surface area contributed by atoms with E-state index in [1.807, 2.05) is 24.5 Å². The molecule has 2 atom stereocenters. The van der Waals surface area contributed by atoms with Crippen molar-refractivity contribution in [3.8, 4) is 0 Å². The maximum atomic E-state index is 11.2. The highest BCUT2D eigenvalue weighted by molar-refractivity contribution is 5.61. The van der Waals surface area contributed by atoms with Crippen molar-refractivity contribution in [1.82, 2.24) is 9.55 Å². The maximum Gasteiger partial charge on any atom is 0.123 e. The molecule has 0 radical (unpaired) electrons. The standard InChI is InChI=1S/C26H22N2O/c29-18-20-16-24(20)25-17-28(19-27-25)26(21-10-4-1-5-11-21,22-12-6-2-7-13-22)23-14-8-3-9-15-23/h1-15,17-20,24H,16H2. The van der Waals surface area contributed by atoms with Crippen LogP contribution < -0.4 is 0 Å². The zero-order valence-electron chi connectivity index (χ0n) is 16.1. The molecular weight excluding hydrogens is 356 g/mol. The Morgan fingerprint density at radius 1 is 0.793 bits per heavy atom. The lowest BCUT2D eigenvalue weighted by Crippen LogP contribution is -2.36. The van der Waals surface area contributed by atoms with Crippen LogP contribution in [0.3, 0.4) is 0 Å². The Labute approximate surface area is 170 Å². The van der Waals surface area contributed by atoms with Gasteiger partial charge in [0.2, 0.25) is 0 Å². The number of aldehydes is 1. The first-order chi connectivity index (χ1) is 14.3. The topological polar surface area (TPSA) is 34.9 Å². The average molecular weight is 378 g/mol. The minimum atomic E-state index is -0.541. The summed E-state index contributed by atoms with van der Waals surface area (Å²) in [7, 11) is 0. The molecule has 0 amide bonds. The predicted octanol–water partition coefficient (Wildman–Crippen LogP) is 5.03. The van der Waals surface area contributed by atoms with Crippen LogP contribution in [0.25, 0.3) is 0 Å². The average Bonchev–Trinajstić information content (AvgIpc) is 3.44. The van der Waals surface area contributed by atoms with Gasteiger partial charge in [0.05, 0.1) is 12.0 Å². The molecule has 2 unspecified atom stereocenters. The number of carbonyl (C=O) groups excluding carboxylic acids is 1. The van der Waals surface area contributed by atoms with Gasteiger partial charge < -0.3 is 9.36 Å². The van der Waals surface area contributed by atoms with Crippen molar-refractivity contribution in [1.29, 1.82) is 0 Å². The van der Waals surface area contributed by atoms with Crippen LogP contribution in [-0.2, 0) is 10.3 Å². The largest absolute Gasteiger partial charge is 0.319 e. The van der Waals surface area contributed by atoms with Gasteiger partial charge in [-0.2, -0.15) is 0 Å². The van der Waals surface area contributed by atoms with Crippen molar-refractivity contribution >= 4 is 6.29 Å². The Kier molecular flexibility index (Phi) is 4.36. The lowest BCUT2D eigenvalue weighted by Gasteiger charge is -2.37. The SMILES string of the molecule is O=CC1CC1c1cn(C(c2ccccc2)(c2ccccc2)c2ccccc2)cn1. The molecule has 1 fully saturated rings. The third-order valence-electron chi connectivity index (χ3n) is 5.96. The first kappa shape index (κ1) is 17.6. The smallest absolute Gasteiger partial charge is 0.123 e. The summed E-state index contributed by atoms with van der Waals surface area (Å²) in [6.45, 7) is 0. The molecule has 4 aromatic rings. The van der Waals surface area contributed by atoms with Gasteiger partial charge in [-0.15, -0.1) is 0 Å². The zero-order valence-corrected chi connectivity index (χ0v) is 16.1. The van der Waals surface area contributed by atoms with Gasteiger partial charge in [-0.3, -0.25) is 0 Å². The third-order valence-corrected chi connectivity index (χ3v) is 5.96. The number of hydrogen-bond acceptors (Lipinski definition) is 2. The molecule has 0 aliphatic heterocycles. The zero-order chi connectivity index (χ0) is 19.7. The monoisotopic (exact) mass is 378 g/mol. The quantitative estimate of drug-likeness (QED) is 0.349. The molecule has 3 aromatic carbocycles. The van der Waals surface area contributed by atoms with Crippen LogP contribution in [0, 0.1) is 5.92 Å². The molecule has 142 valence electrons. The van der Waals surface area contributed by atoms with Gasteiger partial charge in [-0.1, -0.05) is 91.0 Å². The Balaban J connectivity index is 1.78. The van der Waals surface area contributed by atoms with Gasteiger partial charge in [-0.05, 0) is 23.1 Å². The Morgan fingerprint density at radius 2 is 1.28 bits per heavy atom. The second kappa shape index (κ2) is 7.17. The van der Waals surface area contributed by atoms with E-state index >= 15 is 0 Å². The molecule has 0 bridgehead atoms. The van der Waals surface area contributed by atoms with Gasteiger partial charge in [0.15, 0.2) is 0 Å². The lowest BCUT2D eigenvalue weighted by atomic mass is 9.77. The highest BCUT2D eigenvalue weighted by atomic mass is 16.1. The van der Waals surface area contributed by atoms with E-state index < -0.39 is 5.54 Å². The predicted molar refractivity (Wildman–Crippen MR) is 114 cm³/mol. The van der Waals surface area contributed by atoms with Gasteiger partial charge in [0.1, 0.15) is 11.8 Å². The van der Waals surface area contributed by atoms with Crippen LogP contribution in [0.4, 0.5) is 0 Å². The second-order valence-electron chi connectivity index (χ2n) is 7.66. The van der Waals surface area contributed by atoms with Gasteiger partial charge in [0.25, 0.3) is 0 Å². The van der Waals surface area contributed by atoms with E-state index in [0.29, 0.717) is 0 Å².